The molecule has 6 heteroatoms. The average Bonchev–Trinajstić information content (AvgIpc) is 2.64. The van der Waals surface area contributed by atoms with Gasteiger partial charge in [-0.25, -0.2) is 4.98 Å². The molecule has 0 aliphatic heterocycles. The summed E-state index contributed by atoms with van der Waals surface area (Å²) in [6, 6.07) is 17.1. The first-order valence-electron chi connectivity index (χ1n) is 8.09. The fourth-order valence-corrected chi connectivity index (χ4v) is 2.27. The molecule has 1 heterocycles. The van der Waals surface area contributed by atoms with Crippen LogP contribution in [0.3, 0.4) is 0 Å². The van der Waals surface area contributed by atoms with E-state index in [-0.39, 0.29) is 5.91 Å². The van der Waals surface area contributed by atoms with Crippen molar-refractivity contribution in [2.24, 2.45) is 0 Å². The number of hydrogen-bond acceptors (Lipinski definition) is 5. The van der Waals surface area contributed by atoms with Gasteiger partial charge < -0.3 is 16.0 Å². The molecule has 0 radical (unpaired) electrons. The number of aromatic nitrogens is 2. The number of hydrogen-bond donors (Lipinski definition) is 3. The molecule has 3 aromatic rings. The maximum absolute atomic E-state index is 11.4. The second-order valence-electron chi connectivity index (χ2n) is 5.66. The number of carbonyl (C=O) groups excluding carboxylic acids is 1. The Bertz CT molecular complexity index is 921. The number of anilines is 5. The number of aryl methyl sites for hydroxylation is 1. The second kappa shape index (κ2) is 7.94. The minimum atomic E-state index is -0.261. The molecule has 0 atom stereocenters. The topological polar surface area (TPSA) is 78.9 Å². The molecule has 2 aromatic carbocycles. The van der Waals surface area contributed by atoms with E-state index in [2.05, 4.69) is 32.5 Å². The van der Waals surface area contributed by atoms with Crippen molar-refractivity contribution in [2.45, 2.75) is 6.92 Å². The summed E-state index contributed by atoms with van der Waals surface area (Å²) < 4.78 is 0. The predicted octanol–water partition coefficient (Wildman–Crippen LogP) is 4.40. The van der Waals surface area contributed by atoms with E-state index in [1.54, 1.807) is 24.4 Å². The summed E-state index contributed by atoms with van der Waals surface area (Å²) in [6.07, 6.45) is 2.90. The van der Waals surface area contributed by atoms with Crippen molar-refractivity contribution < 1.29 is 4.79 Å². The highest BCUT2D eigenvalue weighted by Gasteiger charge is 2.03. The van der Waals surface area contributed by atoms with Crippen LogP contribution in [0.15, 0.2) is 73.4 Å². The highest BCUT2D eigenvalue weighted by molar-refractivity contribution is 5.99. The summed E-state index contributed by atoms with van der Waals surface area (Å²) in [5.41, 5.74) is 3.58. The van der Waals surface area contributed by atoms with Gasteiger partial charge in [0.25, 0.3) is 0 Å². The van der Waals surface area contributed by atoms with Crippen LogP contribution >= 0.6 is 0 Å². The van der Waals surface area contributed by atoms with Crippen LogP contribution in [-0.2, 0) is 4.79 Å². The number of rotatable bonds is 6. The van der Waals surface area contributed by atoms with Crippen molar-refractivity contribution in [1.29, 1.82) is 0 Å². The Morgan fingerprint density at radius 2 is 1.77 bits per heavy atom. The molecule has 26 heavy (non-hydrogen) atoms. The number of carbonyl (C=O) groups is 1. The monoisotopic (exact) mass is 345 g/mol. The fraction of sp³-hybridized carbons (Fsp3) is 0.0500. The highest BCUT2D eigenvalue weighted by Crippen LogP contribution is 2.20. The molecule has 0 unspecified atom stereocenters. The number of nitrogens with zero attached hydrogens (tertiary/aromatic N) is 2. The van der Waals surface area contributed by atoms with E-state index < -0.39 is 0 Å². The molecular formula is C20H19N5O. The zero-order valence-corrected chi connectivity index (χ0v) is 14.4. The molecule has 1 aromatic heterocycles. The predicted molar refractivity (Wildman–Crippen MR) is 105 cm³/mol. The van der Waals surface area contributed by atoms with Crippen LogP contribution in [0.4, 0.5) is 28.8 Å². The molecule has 0 aliphatic carbocycles. The molecule has 0 fully saturated rings. The Balaban J connectivity index is 1.72. The van der Waals surface area contributed by atoms with E-state index in [4.69, 9.17) is 0 Å². The Kier molecular flexibility index (Phi) is 5.24. The van der Waals surface area contributed by atoms with Crippen molar-refractivity contribution in [3.05, 3.63) is 79.0 Å². The minimum Gasteiger partial charge on any atom is -0.340 e. The maximum Gasteiger partial charge on any atom is 0.247 e. The normalized spacial score (nSPS) is 10.0. The summed E-state index contributed by atoms with van der Waals surface area (Å²) in [6.45, 7) is 5.48. The van der Waals surface area contributed by atoms with Crippen LogP contribution in [0, 0.1) is 6.92 Å². The van der Waals surface area contributed by atoms with Gasteiger partial charge in [0.05, 0.1) is 0 Å². The SMILES string of the molecule is C=CC(=O)Nc1cccc(Nc2nccc(Nc3ccc(C)cc3)n2)c1. The second-order valence-corrected chi connectivity index (χ2v) is 5.66. The highest BCUT2D eigenvalue weighted by atomic mass is 16.1. The van der Waals surface area contributed by atoms with Crippen LogP contribution in [0.1, 0.15) is 5.56 Å². The van der Waals surface area contributed by atoms with Crippen molar-refractivity contribution >= 4 is 34.7 Å². The molecule has 130 valence electrons. The number of amides is 1. The van der Waals surface area contributed by atoms with Crippen LogP contribution in [0.5, 0.6) is 0 Å². The average molecular weight is 345 g/mol. The first kappa shape index (κ1) is 17.2. The molecule has 0 aliphatic rings. The smallest absolute Gasteiger partial charge is 0.247 e. The number of benzene rings is 2. The van der Waals surface area contributed by atoms with Crippen molar-refractivity contribution in [3.8, 4) is 0 Å². The van der Waals surface area contributed by atoms with Gasteiger partial charge in [-0.15, -0.1) is 0 Å². The molecule has 0 saturated carbocycles. The lowest BCUT2D eigenvalue weighted by Gasteiger charge is -2.10. The van der Waals surface area contributed by atoms with Crippen molar-refractivity contribution in [2.75, 3.05) is 16.0 Å². The van der Waals surface area contributed by atoms with Crippen LogP contribution in [-0.4, -0.2) is 15.9 Å². The molecular weight excluding hydrogens is 326 g/mol. The third kappa shape index (κ3) is 4.67. The lowest BCUT2D eigenvalue weighted by Crippen LogP contribution is -2.07. The van der Waals surface area contributed by atoms with Gasteiger partial charge in [0.1, 0.15) is 5.82 Å². The third-order valence-corrected chi connectivity index (χ3v) is 3.55. The van der Waals surface area contributed by atoms with Gasteiger partial charge >= 0.3 is 0 Å². The van der Waals surface area contributed by atoms with E-state index in [1.807, 2.05) is 43.3 Å². The first-order valence-corrected chi connectivity index (χ1v) is 8.09. The molecule has 3 N–H and O–H groups in total. The molecule has 1 amide bonds. The first-order chi connectivity index (χ1) is 12.6. The van der Waals surface area contributed by atoms with E-state index in [0.717, 1.165) is 11.4 Å². The molecule has 0 spiro atoms. The van der Waals surface area contributed by atoms with Crippen molar-refractivity contribution in [1.82, 2.24) is 9.97 Å². The van der Waals surface area contributed by atoms with Crippen LogP contribution in [0.2, 0.25) is 0 Å². The van der Waals surface area contributed by atoms with Crippen LogP contribution < -0.4 is 16.0 Å². The lowest BCUT2D eigenvalue weighted by molar-refractivity contribution is -0.111. The summed E-state index contributed by atoms with van der Waals surface area (Å²) in [5.74, 6) is 0.875. The standard InChI is InChI=1S/C20H19N5O/c1-3-19(26)23-16-5-4-6-17(13-16)24-20-21-12-11-18(25-20)22-15-9-7-14(2)8-10-15/h3-13H,1H2,2H3,(H,23,26)(H2,21,22,24,25). The lowest BCUT2D eigenvalue weighted by atomic mass is 10.2. The minimum absolute atomic E-state index is 0.261. The van der Waals surface area contributed by atoms with Gasteiger partial charge in [-0.2, -0.15) is 4.98 Å². The summed E-state index contributed by atoms with van der Waals surface area (Å²) >= 11 is 0. The Morgan fingerprint density at radius 1 is 1.00 bits per heavy atom. The number of nitrogens with one attached hydrogen (secondary N) is 3. The fourth-order valence-electron chi connectivity index (χ4n) is 2.27. The van der Waals surface area contributed by atoms with Gasteiger partial charge in [0.2, 0.25) is 11.9 Å². The summed E-state index contributed by atoms with van der Waals surface area (Å²) in [7, 11) is 0. The molecule has 0 bridgehead atoms. The van der Waals surface area contributed by atoms with E-state index >= 15 is 0 Å². The Hall–Kier alpha value is -3.67. The molecule has 3 rings (SSSR count). The van der Waals surface area contributed by atoms with Gasteiger partial charge in [-0.1, -0.05) is 30.3 Å². The Morgan fingerprint density at radius 3 is 2.54 bits per heavy atom. The van der Waals surface area contributed by atoms with E-state index in [0.29, 0.717) is 17.5 Å². The van der Waals surface area contributed by atoms with Gasteiger partial charge in [0.15, 0.2) is 0 Å². The maximum atomic E-state index is 11.4. The zero-order chi connectivity index (χ0) is 18.4. The summed E-state index contributed by atoms with van der Waals surface area (Å²) in [5, 5.41) is 9.09. The van der Waals surface area contributed by atoms with Crippen LogP contribution in [0.25, 0.3) is 0 Å². The molecule has 6 nitrogen and oxygen atoms in total. The van der Waals surface area contributed by atoms with Gasteiger partial charge in [-0.3, -0.25) is 4.79 Å². The van der Waals surface area contributed by atoms with E-state index in [1.165, 1.54) is 11.6 Å². The molecule has 0 saturated heterocycles. The largest absolute Gasteiger partial charge is 0.340 e. The summed E-state index contributed by atoms with van der Waals surface area (Å²) in [4.78, 5) is 20.1. The third-order valence-electron chi connectivity index (χ3n) is 3.55. The Labute approximate surface area is 152 Å². The van der Waals surface area contributed by atoms with Gasteiger partial charge in [0, 0.05) is 23.3 Å². The van der Waals surface area contributed by atoms with Gasteiger partial charge in [-0.05, 0) is 49.4 Å². The quantitative estimate of drug-likeness (QED) is 0.577. The van der Waals surface area contributed by atoms with E-state index in [9.17, 15) is 4.79 Å². The van der Waals surface area contributed by atoms with Crippen molar-refractivity contribution in [3.63, 3.8) is 0 Å². The zero-order valence-electron chi connectivity index (χ0n) is 14.4.